The molecular weight excluding hydrogens is 196 g/mol. The number of nitrogens with zero attached hydrogens (tertiary/aromatic N) is 1. The van der Waals surface area contributed by atoms with Crippen LogP contribution in [0, 0.1) is 5.92 Å². The van der Waals surface area contributed by atoms with Crippen molar-refractivity contribution in [2.75, 3.05) is 13.1 Å². The third-order valence-electron chi connectivity index (χ3n) is 4.57. The van der Waals surface area contributed by atoms with E-state index in [1.165, 1.54) is 45.2 Å². The molecule has 4 unspecified atom stereocenters. The van der Waals surface area contributed by atoms with E-state index in [0.717, 1.165) is 24.0 Å². The second-order valence-electron chi connectivity index (χ2n) is 5.98. The maximum absolute atomic E-state index is 3.66. The summed E-state index contributed by atoms with van der Waals surface area (Å²) in [5, 5.41) is 3.66. The van der Waals surface area contributed by atoms with Crippen molar-refractivity contribution in [1.82, 2.24) is 10.2 Å². The lowest BCUT2D eigenvalue weighted by molar-refractivity contribution is 0.0581. The summed E-state index contributed by atoms with van der Waals surface area (Å²) >= 11 is 0. The Hall–Kier alpha value is -0.0800. The summed E-state index contributed by atoms with van der Waals surface area (Å²) in [5.41, 5.74) is 0. The van der Waals surface area contributed by atoms with Gasteiger partial charge in [0.05, 0.1) is 0 Å². The van der Waals surface area contributed by atoms with Crippen molar-refractivity contribution in [1.29, 1.82) is 0 Å². The molecule has 1 heterocycles. The van der Waals surface area contributed by atoms with E-state index in [4.69, 9.17) is 0 Å². The Balaban J connectivity index is 1.94. The zero-order chi connectivity index (χ0) is 11.5. The monoisotopic (exact) mass is 224 g/mol. The molecule has 1 aliphatic carbocycles. The Kier molecular flexibility index (Phi) is 4.26. The smallest absolute Gasteiger partial charge is 0.0196 e. The molecule has 0 amide bonds. The van der Waals surface area contributed by atoms with Crippen LogP contribution in [0.5, 0.6) is 0 Å². The Labute approximate surface area is 101 Å². The van der Waals surface area contributed by atoms with Crippen molar-refractivity contribution >= 4 is 0 Å². The molecule has 0 aromatic heterocycles. The van der Waals surface area contributed by atoms with Crippen LogP contribution in [0.4, 0.5) is 0 Å². The Morgan fingerprint density at radius 2 is 2.06 bits per heavy atom. The average molecular weight is 224 g/mol. The lowest BCUT2D eigenvalue weighted by atomic mass is 9.85. The summed E-state index contributed by atoms with van der Waals surface area (Å²) in [6.07, 6.45) is 7.03. The van der Waals surface area contributed by atoms with Crippen LogP contribution in [0.1, 0.15) is 52.9 Å². The fourth-order valence-corrected chi connectivity index (χ4v) is 3.44. The zero-order valence-electron chi connectivity index (χ0n) is 11.2. The molecule has 2 heteroatoms. The van der Waals surface area contributed by atoms with E-state index >= 15 is 0 Å². The first kappa shape index (κ1) is 12.4. The van der Waals surface area contributed by atoms with Gasteiger partial charge in [-0.1, -0.05) is 26.7 Å². The minimum absolute atomic E-state index is 0.730. The van der Waals surface area contributed by atoms with Gasteiger partial charge in [-0.15, -0.1) is 0 Å². The highest BCUT2D eigenvalue weighted by Gasteiger charge is 2.31. The molecule has 0 aromatic carbocycles. The highest BCUT2D eigenvalue weighted by Crippen LogP contribution is 2.29. The van der Waals surface area contributed by atoms with Gasteiger partial charge in [-0.25, -0.2) is 0 Å². The van der Waals surface area contributed by atoms with Crippen LogP contribution in [0.15, 0.2) is 0 Å². The van der Waals surface area contributed by atoms with Crippen molar-refractivity contribution in [3.8, 4) is 0 Å². The van der Waals surface area contributed by atoms with Crippen molar-refractivity contribution in [3.05, 3.63) is 0 Å². The van der Waals surface area contributed by atoms with E-state index < -0.39 is 0 Å². The lowest BCUT2D eigenvalue weighted by Gasteiger charge is -2.45. The van der Waals surface area contributed by atoms with Gasteiger partial charge in [0.2, 0.25) is 0 Å². The van der Waals surface area contributed by atoms with E-state index in [1.54, 1.807) is 0 Å². The molecular formula is C14H28N2. The standard InChI is InChI=1S/C14H28N2/c1-4-13-10-16(12(3)9-15-13)14-7-5-6-11(2)8-14/h11-15H,4-10H2,1-3H3. The molecule has 0 spiro atoms. The van der Waals surface area contributed by atoms with Crippen LogP contribution < -0.4 is 5.32 Å². The van der Waals surface area contributed by atoms with Crippen molar-refractivity contribution < 1.29 is 0 Å². The molecule has 2 nitrogen and oxygen atoms in total. The number of nitrogens with one attached hydrogen (secondary N) is 1. The van der Waals surface area contributed by atoms with Crippen LogP contribution in [-0.4, -0.2) is 36.1 Å². The molecule has 2 fully saturated rings. The summed E-state index contributed by atoms with van der Waals surface area (Å²) < 4.78 is 0. The molecule has 0 radical (unpaired) electrons. The number of hydrogen-bond acceptors (Lipinski definition) is 2. The van der Waals surface area contributed by atoms with Crippen LogP contribution in [-0.2, 0) is 0 Å². The summed E-state index contributed by atoms with van der Waals surface area (Å²) in [6.45, 7) is 9.57. The van der Waals surface area contributed by atoms with E-state index in [0.29, 0.717) is 0 Å². The number of hydrogen-bond donors (Lipinski definition) is 1. The highest BCUT2D eigenvalue weighted by molar-refractivity contribution is 4.89. The minimum Gasteiger partial charge on any atom is -0.311 e. The molecule has 4 atom stereocenters. The van der Waals surface area contributed by atoms with Crippen molar-refractivity contribution in [2.45, 2.75) is 71.0 Å². The Morgan fingerprint density at radius 3 is 2.75 bits per heavy atom. The maximum atomic E-state index is 3.66. The largest absolute Gasteiger partial charge is 0.311 e. The minimum atomic E-state index is 0.730. The third-order valence-corrected chi connectivity index (χ3v) is 4.57. The second-order valence-corrected chi connectivity index (χ2v) is 5.98. The molecule has 16 heavy (non-hydrogen) atoms. The highest BCUT2D eigenvalue weighted by atomic mass is 15.2. The Bertz CT molecular complexity index is 217. The number of rotatable bonds is 2. The lowest BCUT2D eigenvalue weighted by Crippen LogP contribution is -2.58. The first-order valence-corrected chi connectivity index (χ1v) is 7.19. The van der Waals surface area contributed by atoms with Gasteiger partial charge in [-0.3, -0.25) is 4.90 Å². The van der Waals surface area contributed by atoms with E-state index in [9.17, 15) is 0 Å². The van der Waals surface area contributed by atoms with Crippen LogP contribution >= 0.6 is 0 Å². The maximum Gasteiger partial charge on any atom is 0.0196 e. The molecule has 1 saturated carbocycles. The fraction of sp³-hybridized carbons (Fsp3) is 1.00. The van der Waals surface area contributed by atoms with E-state index in [-0.39, 0.29) is 0 Å². The molecule has 2 aliphatic rings. The molecule has 94 valence electrons. The first-order chi connectivity index (χ1) is 7.70. The summed E-state index contributed by atoms with van der Waals surface area (Å²) in [5.74, 6) is 0.945. The van der Waals surface area contributed by atoms with Gasteiger partial charge >= 0.3 is 0 Å². The molecule has 1 N–H and O–H groups in total. The number of piperazine rings is 1. The summed E-state index contributed by atoms with van der Waals surface area (Å²) in [7, 11) is 0. The normalized spacial score (nSPS) is 42.2. The second kappa shape index (κ2) is 5.50. The van der Waals surface area contributed by atoms with Gasteiger partial charge in [-0.05, 0) is 32.1 Å². The molecule has 1 aliphatic heterocycles. The summed E-state index contributed by atoms with van der Waals surface area (Å²) in [6, 6.07) is 2.33. The quantitative estimate of drug-likeness (QED) is 0.776. The molecule has 0 aromatic rings. The van der Waals surface area contributed by atoms with E-state index in [2.05, 4.69) is 31.0 Å². The van der Waals surface area contributed by atoms with Gasteiger partial charge in [0.1, 0.15) is 0 Å². The third kappa shape index (κ3) is 2.78. The van der Waals surface area contributed by atoms with Crippen molar-refractivity contribution in [2.24, 2.45) is 5.92 Å². The van der Waals surface area contributed by atoms with Gasteiger partial charge < -0.3 is 5.32 Å². The van der Waals surface area contributed by atoms with Crippen LogP contribution in [0.3, 0.4) is 0 Å². The predicted octanol–water partition coefficient (Wildman–Crippen LogP) is 2.64. The van der Waals surface area contributed by atoms with E-state index in [1.807, 2.05) is 0 Å². The van der Waals surface area contributed by atoms with Gasteiger partial charge in [0, 0.05) is 31.2 Å². The molecule has 1 saturated heterocycles. The summed E-state index contributed by atoms with van der Waals surface area (Å²) in [4.78, 5) is 2.79. The van der Waals surface area contributed by atoms with Crippen LogP contribution in [0.2, 0.25) is 0 Å². The van der Waals surface area contributed by atoms with Gasteiger partial charge in [-0.2, -0.15) is 0 Å². The molecule has 0 bridgehead atoms. The average Bonchev–Trinajstić information content (AvgIpc) is 2.30. The topological polar surface area (TPSA) is 15.3 Å². The van der Waals surface area contributed by atoms with Crippen LogP contribution in [0.25, 0.3) is 0 Å². The first-order valence-electron chi connectivity index (χ1n) is 7.19. The molecule has 2 rings (SSSR count). The SMILES string of the molecule is CCC1CN(C2CCCC(C)C2)C(C)CN1. The fourth-order valence-electron chi connectivity index (χ4n) is 3.44. The zero-order valence-corrected chi connectivity index (χ0v) is 11.2. The van der Waals surface area contributed by atoms with Gasteiger partial charge in [0.25, 0.3) is 0 Å². The van der Waals surface area contributed by atoms with Gasteiger partial charge in [0.15, 0.2) is 0 Å². The van der Waals surface area contributed by atoms with Crippen molar-refractivity contribution in [3.63, 3.8) is 0 Å². The Morgan fingerprint density at radius 1 is 1.25 bits per heavy atom. The predicted molar refractivity (Wildman–Crippen MR) is 69.7 cm³/mol.